The average molecular weight is 340 g/mol. The van der Waals surface area contributed by atoms with Crippen LogP contribution in [0.4, 0.5) is 16.2 Å². The van der Waals surface area contributed by atoms with E-state index in [9.17, 15) is 4.79 Å². The Morgan fingerprint density at radius 2 is 2.09 bits per heavy atom. The number of nitrogens with zero attached hydrogens (tertiary/aromatic N) is 1. The molecule has 0 bridgehead atoms. The van der Waals surface area contributed by atoms with E-state index in [4.69, 9.17) is 16.7 Å². The Kier molecular flexibility index (Phi) is 6.99. The number of benzene rings is 1. The average Bonchev–Trinajstić information content (AvgIpc) is 2.55. The van der Waals surface area contributed by atoms with Crippen LogP contribution in [0.25, 0.3) is 0 Å². The van der Waals surface area contributed by atoms with Crippen molar-refractivity contribution in [2.45, 2.75) is 45.1 Å². The van der Waals surface area contributed by atoms with Gasteiger partial charge in [-0.25, -0.2) is 4.79 Å². The normalized spacial score (nSPS) is 16.0. The summed E-state index contributed by atoms with van der Waals surface area (Å²) in [6.07, 6.45) is 4.93. The minimum absolute atomic E-state index is 0.0300. The van der Waals surface area contributed by atoms with Gasteiger partial charge in [0.1, 0.15) is 0 Å². The quantitative estimate of drug-likeness (QED) is 0.741. The first-order valence-corrected chi connectivity index (χ1v) is 8.74. The van der Waals surface area contributed by atoms with Crippen LogP contribution in [-0.4, -0.2) is 36.9 Å². The predicted octanol–water partition coefficient (Wildman–Crippen LogP) is 3.61. The highest BCUT2D eigenvalue weighted by molar-refractivity contribution is 6.31. The van der Waals surface area contributed by atoms with Crippen LogP contribution in [0.5, 0.6) is 0 Å². The lowest BCUT2D eigenvalue weighted by atomic mass is 10.1. The first-order chi connectivity index (χ1) is 11.1. The first kappa shape index (κ1) is 17.9. The first-order valence-electron chi connectivity index (χ1n) is 8.37. The summed E-state index contributed by atoms with van der Waals surface area (Å²) in [6, 6.07) is 5.32. The Labute approximate surface area is 143 Å². The van der Waals surface area contributed by atoms with Crippen molar-refractivity contribution in [3.8, 4) is 0 Å². The Morgan fingerprint density at radius 1 is 1.35 bits per heavy atom. The molecule has 1 heterocycles. The molecule has 1 unspecified atom stereocenters. The van der Waals surface area contributed by atoms with Crippen LogP contribution in [0, 0.1) is 0 Å². The lowest BCUT2D eigenvalue weighted by Crippen LogP contribution is -2.38. The zero-order chi connectivity index (χ0) is 16.7. The molecule has 6 heteroatoms. The lowest BCUT2D eigenvalue weighted by Gasteiger charge is -2.30. The fourth-order valence-electron chi connectivity index (χ4n) is 2.90. The van der Waals surface area contributed by atoms with Crippen molar-refractivity contribution in [2.75, 3.05) is 29.9 Å². The second-order valence-electron chi connectivity index (χ2n) is 5.93. The van der Waals surface area contributed by atoms with Gasteiger partial charge in [-0.1, -0.05) is 18.5 Å². The Hall–Kier alpha value is -1.46. The third kappa shape index (κ3) is 5.29. The molecule has 2 amide bonds. The number of carbonyl (C=O) groups is 1. The highest BCUT2D eigenvalue weighted by Crippen LogP contribution is 2.31. The van der Waals surface area contributed by atoms with Crippen molar-refractivity contribution in [3.05, 3.63) is 23.2 Å². The third-order valence-corrected chi connectivity index (χ3v) is 4.44. The fraction of sp³-hybridized carbons (Fsp3) is 0.588. The second-order valence-corrected chi connectivity index (χ2v) is 6.36. The topological polar surface area (TPSA) is 64.6 Å². The van der Waals surface area contributed by atoms with E-state index in [0.29, 0.717) is 11.4 Å². The Balaban J connectivity index is 2.08. The summed E-state index contributed by atoms with van der Waals surface area (Å²) < 4.78 is 0. The fourth-order valence-corrected chi connectivity index (χ4v) is 3.07. The molecule has 1 aliphatic rings. The van der Waals surface area contributed by atoms with Crippen LogP contribution < -0.4 is 15.5 Å². The van der Waals surface area contributed by atoms with Crippen LogP contribution in [0.3, 0.4) is 0 Å². The highest BCUT2D eigenvalue weighted by Gasteiger charge is 2.17. The summed E-state index contributed by atoms with van der Waals surface area (Å²) in [5, 5.41) is 15.4. The van der Waals surface area contributed by atoms with Crippen molar-refractivity contribution < 1.29 is 9.90 Å². The lowest BCUT2D eigenvalue weighted by molar-refractivity contribution is 0.237. The van der Waals surface area contributed by atoms with Gasteiger partial charge in [-0.05, 0) is 50.3 Å². The summed E-state index contributed by atoms with van der Waals surface area (Å²) in [5.41, 5.74) is 1.75. The molecule has 1 fully saturated rings. The summed E-state index contributed by atoms with van der Waals surface area (Å²) in [6.45, 7) is 4.05. The van der Waals surface area contributed by atoms with E-state index in [1.165, 1.54) is 19.3 Å². The third-order valence-electron chi connectivity index (χ3n) is 4.21. The number of anilines is 2. The van der Waals surface area contributed by atoms with Gasteiger partial charge in [-0.3, -0.25) is 0 Å². The highest BCUT2D eigenvalue weighted by atomic mass is 35.5. The minimum atomic E-state index is -0.258. The van der Waals surface area contributed by atoms with E-state index < -0.39 is 0 Å². The van der Waals surface area contributed by atoms with Crippen molar-refractivity contribution in [1.82, 2.24) is 5.32 Å². The molecule has 0 radical (unpaired) electrons. The van der Waals surface area contributed by atoms with Crippen LogP contribution in [0.1, 0.15) is 39.0 Å². The van der Waals surface area contributed by atoms with E-state index in [2.05, 4.69) is 15.5 Å². The second kappa shape index (κ2) is 8.99. The van der Waals surface area contributed by atoms with Crippen LogP contribution in [0.15, 0.2) is 18.2 Å². The minimum Gasteiger partial charge on any atom is -0.396 e. The van der Waals surface area contributed by atoms with Crippen LogP contribution in [0.2, 0.25) is 5.02 Å². The van der Waals surface area contributed by atoms with Gasteiger partial charge in [0.25, 0.3) is 0 Å². The molecule has 1 aromatic carbocycles. The number of hydrogen-bond donors (Lipinski definition) is 3. The monoisotopic (exact) mass is 339 g/mol. The molecule has 1 saturated heterocycles. The van der Waals surface area contributed by atoms with E-state index in [-0.39, 0.29) is 18.7 Å². The molecule has 5 nitrogen and oxygen atoms in total. The zero-order valence-electron chi connectivity index (χ0n) is 13.6. The molecule has 128 valence electrons. The number of amides is 2. The number of aliphatic hydroxyl groups excluding tert-OH is 1. The summed E-state index contributed by atoms with van der Waals surface area (Å²) in [7, 11) is 0. The zero-order valence-corrected chi connectivity index (χ0v) is 14.4. The molecular formula is C17H26ClN3O2. The SMILES string of the molecule is CCC(CCO)NC(=O)Nc1cc(Cl)ccc1N1CCCCC1. The van der Waals surface area contributed by atoms with Crippen molar-refractivity contribution in [3.63, 3.8) is 0 Å². The number of hydrogen-bond acceptors (Lipinski definition) is 3. The van der Waals surface area contributed by atoms with Gasteiger partial charge in [0.05, 0.1) is 11.4 Å². The van der Waals surface area contributed by atoms with E-state index in [0.717, 1.165) is 30.9 Å². The standard InChI is InChI=1S/C17H26ClN3O2/c1-2-14(8-11-22)19-17(23)20-15-12-13(18)6-7-16(15)21-9-4-3-5-10-21/h6-7,12,14,22H,2-5,8-11H2,1H3,(H2,19,20,23). The Morgan fingerprint density at radius 3 is 2.74 bits per heavy atom. The van der Waals surface area contributed by atoms with Gasteiger partial charge < -0.3 is 20.6 Å². The summed E-state index contributed by atoms with van der Waals surface area (Å²) in [5.74, 6) is 0. The maximum atomic E-state index is 12.2. The molecule has 2 rings (SSSR count). The number of nitrogens with one attached hydrogen (secondary N) is 2. The van der Waals surface area contributed by atoms with Crippen LogP contribution in [-0.2, 0) is 0 Å². The van der Waals surface area contributed by atoms with E-state index in [1.54, 1.807) is 6.07 Å². The number of urea groups is 1. The molecule has 1 aliphatic heterocycles. The maximum absolute atomic E-state index is 12.2. The predicted molar refractivity (Wildman–Crippen MR) is 95.5 cm³/mol. The molecule has 3 N–H and O–H groups in total. The van der Waals surface area contributed by atoms with Gasteiger partial charge in [0, 0.05) is 30.8 Å². The number of rotatable bonds is 6. The summed E-state index contributed by atoms with van der Waals surface area (Å²) >= 11 is 6.10. The Bertz CT molecular complexity index is 519. The van der Waals surface area contributed by atoms with E-state index >= 15 is 0 Å². The molecule has 0 saturated carbocycles. The van der Waals surface area contributed by atoms with Crippen molar-refractivity contribution >= 4 is 29.0 Å². The maximum Gasteiger partial charge on any atom is 0.319 e. The summed E-state index contributed by atoms with van der Waals surface area (Å²) in [4.78, 5) is 14.5. The van der Waals surface area contributed by atoms with Gasteiger partial charge >= 0.3 is 6.03 Å². The molecule has 0 aromatic heterocycles. The molecular weight excluding hydrogens is 314 g/mol. The largest absolute Gasteiger partial charge is 0.396 e. The van der Waals surface area contributed by atoms with Crippen molar-refractivity contribution in [2.24, 2.45) is 0 Å². The van der Waals surface area contributed by atoms with Gasteiger partial charge in [0.15, 0.2) is 0 Å². The smallest absolute Gasteiger partial charge is 0.319 e. The van der Waals surface area contributed by atoms with Gasteiger partial charge in [0.2, 0.25) is 0 Å². The van der Waals surface area contributed by atoms with Gasteiger partial charge in [-0.2, -0.15) is 0 Å². The number of halogens is 1. The number of aliphatic hydroxyl groups is 1. The van der Waals surface area contributed by atoms with Gasteiger partial charge in [-0.15, -0.1) is 0 Å². The number of carbonyl (C=O) groups excluding carboxylic acids is 1. The van der Waals surface area contributed by atoms with Crippen LogP contribution >= 0.6 is 11.6 Å². The number of piperidine rings is 1. The molecule has 23 heavy (non-hydrogen) atoms. The molecule has 0 spiro atoms. The van der Waals surface area contributed by atoms with E-state index in [1.807, 2.05) is 19.1 Å². The van der Waals surface area contributed by atoms with Crippen molar-refractivity contribution in [1.29, 1.82) is 0 Å². The molecule has 1 aromatic rings. The molecule has 1 atom stereocenters. The molecule has 0 aliphatic carbocycles.